The maximum Gasteiger partial charge on any atom is 0.229 e. The van der Waals surface area contributed by atoms with Gasteiger partial charge >= 0.3 is 0 Å². The van der Waals surface area contributed by atoms with E-state index in [0.717, 1.165) is 10.6 Å². The molecule has 0 spiro atoms. The van der Waals surface area contributed by atoms with Gasteiger partial charge in [-0.1, -0.05) is 6.07 Å². The highest BCUT2D eigenvalue weighted by atomic mass is 32.2. The zero-order valence-corrected chi connectivity index (χ0v) is 15.5. The van der Waals surface area contributed by atoms with E-state index in [9.17, 15) is 18.0 Å². The number of hydrogen-bond donors (Lipinski definition) is 0. The number of likely N-dealkylation sites (tertiary alicyclic amines) is 1. The number of piperidine rings is 1. The molecule has 26 heavy (non-hydrogen) atoms. The molecule has 0 aliphatic carbocycles. The van der Waals surface area contributed by atoms with E-state index < -0.39 is 10.0 Å². The standard InChI is InChI=1S/C17H24N4O4S/c22-16-5-3-6-17(23)21(16)12-13-26(24,25)20-10-8-19(9-11-20)14-15-4-1-2-7-18-15/h1-2,4,7H,3,5-6,8-14H2. The number of hydrogen-bond acceptors (Lipinski definition) is 6. The Kier molecular flexibility index (Phi) is 6.00. The molecular formula is C17H24N4O4S. The smallest absolute Gasteiger partial charge is 0.229 e. The molecule has 8 nitrogen and oxygen atoms in total. The maximum atomic E-state index is 12.6. The Morgan fingerprint density at radius 2 is 1.69 bits per heavy atom. The molecule has 2 aliphatic rings. The molecule has 0 bridgehead atoms. The van der Waals surface area contributed by atoms with E-state index in [1.165, 1.54) is 4.31 Å². The van der Waals surface area contributed by atoms with Crippen LogP contribution < -0.4 is 0 Å². The topological polar surface area (TPSA) is 90.9 Å². The second-order valence-electron chi connectivity index (χ2n) is 6.60. The highest BCUT2D eigenvalue weighted by molar-refractivity contribution is 7.89. The van der Waals surface area contributed by atoms with Crippen LogP contribution in [0.1, 0.15) is 25.0 Å². The van der Waals surface area contributed by atoms with E-state index >= 15 is 0 Å². The van der Waals surface area contributed by atoms with Crippen molar-refractivity contribution >= 4 is 21.8 Å². The van der Waals surface area contributed by atoms with Crippen LogP contribution in [-0.4, -0.2) is 77.8 Å². The number of piperazine rings is 1. The van der Waals surface area contributed by atoms with Crippen molar-refractivity contribution < 1.29 is 18.0 Å². The lowest BCUT2D eigenvalue weighted by molar-refractivity contribution is -0.147. The Hall–Kier alpha value is -1.84. The van der Waals surface area contributed by atoms with Crippen LogP contribution in [0.15, 0.2) is 24.4 Å². The zero-order chi connectivity index (χ0) is 18.6. The van der Waals surface area contributed by atoms with Gasteiger partial charge in [-0.05, 0) is 18.6 Å². The molecule has 0 radical (unpaired) electrons. The summed E-state index contributed by atoms with van der Waals surface area (Å²) in [7, 11) is -3.48. The Labute approximate surface area is 153 Å². The van der Waals surface area contributed by atoms with Crippen molar-refractivity contribution in [3.05, 3.63) is 30.1 Å². The summed E-state index contributed by atoms with van der Waals surface area (Å²) in [4.78, 5) is 31.2. The normalized spacial score (nSPS) is 20.5. The number of carbonyl (C=O) groups excluding carboxylic acids is 2. The van der Waals surface area contributed by atoms with Gasteiger partial charge in [0.1, 0.15) is 0 Å². The van der Waals surface area contributed by atoms with E-state index in [4.69, 9.17) is 0 Å². The second kappa shape index (κ2) is 8.24. The number of aromatic nitrogens is 1. The molecule has 0 aromatic carbocycles. The van der Waals surface area contributed by atoms with Crippen molar-refractivity contribution in [2.45, 2.75) is 25.8 Å². The molecule has 0 atom stereocenters. The third-order valence-electron chi connectivity index (χ3n) is 4.79. The van der Waals surface area contributed by atoms with E-state index in [-0.39, 0.29) is 24.1 Å². The van der Waals surface area contributed by atoms with Gasteiger partial charge in [0.15, 0.2) is 0 Å². The van der Waals surface area contributed by atoms with Crippen molar-refractivity contribution in [3.63, 3.8) is 0 Å². The first-order valence-corrected chi connectivity index (χ1v) is 10.5. The van der Waals surface area contributed by atoms with Gasteiger partial charge in [0.25, 0.3) is 0 Å². The van der Waals surface area contributed by atoms with Crippen molar-refractivity contribution in [1.29, 1.82) is 0 Å². The summed E-state index contributed by atoms with van der Waals surface area (Å²) in [6, 6.07) is 5.76. The minimum atomic E-state index is -3.48. The van der Waals surface area contributed by atoms with Crippen molar-refractivity contribution in [1.82, 2.24) is 19.1 Å². The van der Waals surface area contributed by atoms with Crippen LogP contribution in [0.2, 0.25) is 0 Å². The number of amides is 2. The van der Waals surface area contributed by atoms with Crippen molar-refractivity contribution in [2.24, 2.45) is 0 Å². The van der Waals surface area contributed by atoms with Gasteiger partial charge in [-0.3, -0.25) is 24.4 Å². The minimum Gasteiger partial charge on any atom is -0.295 e. The lowest BCUT2D eigenvalue weighted by atomic mass is 10.1. The summed E-state index contributed by atoms with van der Waals surface area (Å²) >= 11 is 0. The van der Waals surface area contributed by atoms with E-state index in [2.05, 4.69) is 9.88 Å². The molecule has 142 valence electrons. The third kappa shape index (κ3) is 4.66. The third-order valence-corrected chi connectivity index (χ3v) is 6.64. The van der Waals surface area contributed by atoms with Crippen LogP contribution in [0.3, 0.4) is 0 Å². The molecule has 9 heteroatoms. The Bertz CT molecular complexity index is 729. The molecule has 3 rings (SSSR count). The van der Waals surface area contributed by atoms with E-state index in [0.29, 0.717) is 52.0 Å². The summed E-state index contributed by atoms with van der Waals surface area (Å²) in [5.41, 5.74) is 0.964. The van der Waals surface area contributed by atoms with Crippen LogP contribution in [0, 0.1) is 0 Å². The highest BCUT2D eigenvalue weighted by Crippen LogP contribution is 2.14. The van der Waals surface area contributed by atoms with Gasteiger partial charge in [-0.15, -0.1) is 0 Å². The Morgan fingerprint density at radius 3 is 2.31 bits per heavy atom. The Balaban J connectivity index is 1.49. The first-order chi connectivity index (χ1) is 12.5. The van der Waals surface area contributed by atoms with Gasteiger partial charge in [0, 0.05) is 58.3 Å². The lowest BCUT2D eigenvalue weighted by Crippen LogP contribution is -2.50. The number of pyridine rings is 1. The molecule has 0 saturated carbocycles. The molecule has 3 heterocycles. The monoisotopic (exact) mass is 380 g/mol. The van der Waals surface area contributed by atoms with Crippen LogP contribution in [0.4, 0.5) is 0 Å². The number of carbonyl (C=O) groups is 2. The molecule has 1 aromatic heterocycles. The van der Waals surface area contributed by atoms with E-state index in [1.807, 2.05) is 18.2 Å². The second-order valence-corrected chi connectivity index (χ2v) is 8.69. The summed E-state index contributed by atoms with van der Waals surface area (Å²) in [6.45, 7) is 2.75. The van der Waals surface area contributed by atoms with Crippen molar-refractivity contribution in [2.75, 3.05) is 38.5 Å². The first kappa shape index (κ1) is 18.9. The van der Waals surface area contributed by atoms with Gasteiger partial charge < -0.3 is 0 Å². The summed E-state index contributed by atoms with van der Waals surface area (Å²) < 4.78 is 26.6. The predicted octanol–water partition coefficient (Wildman–Crippen LogP) is 0.0681. The number of rotatable bonds is 6. The van der Waals surface area contributed by atoms with Crippen LogP contribution in [-0.2, 0) is 26.2 Å². The number of nitrogens with zero attached hydrogens (tertiary/aromatic N) is 4. The summed E-state index contributed by atoms with van der Waals surface area (Å²) in [5, 5.41) is 0. The number of imide groups is 1. The first-order valence-electron chi connectivity index (χ1n) is 8.89. The molecule has 0 unspecified atom stereocenters. The molecule has 2 amide bonds. The van der Waals surface area contributed by atoms with Gasteiger partial charge in [-0.2, -0.15) is 4.31 Å². The van der Waals surface area contributed by atoms with Crippen LogP contribution in [0.25, 0.3) is 0 Å². The zero-order valence-electron chi connectivity index (χ0n) is 14.7. The maximum absolute atomic E-state index is 12.6. The average molecular weight is 380 g/mol. The molecule has 0 N–H and O–H groups in total. The van der Waals surface area contributed by atoms with E-state index in [1.54, 1.807) is 6.20 Å². The molecule has 2 saturated heterocycles. The van der Waals surface area contributed by atoms with Crippen molar-refractivity contribution in [3.8, 4) is 0 Å². The summed E-state index contributed by atoms with van der Waals surface area (Å²) in [6.07, 6.45) is 2.94. The van der Waals surface area contributed by atoms with Crippen LogP contribution in [0.5, 0.6) is 0 Å². The van der Waals surface area contributed by atoms with Gasteiger partial charge in [-0.25, -0.2) is 8.42 Å². The lowest BCUT2D eigenvalue weighted by Gasteiger charge is -2.34. The molecule has 2 aliphatic heterocycles. The molecule has 2 fully saturated rings. The number of sulfonamides is 1. The molecular weight excluding hydrogens is 356 g/mol. The largest absolute Gasteiger partial charge is 0.295 e. The SMILES string of the molecule is O=C1CCCC(=O)N1CCS(=O)(=O)N1CCN(Cc2ccccn2)CC1. The van der Waals surface area contributed by atoms with Gasteiger partial charge in [0.05, 0.1) is 11.4 Å². The predicted molar refractivity (Wildman–Crippen MR) is 95.4 cm³/mol. The fourth-order valence-electron chi connectivity index (χ4n) is 3.27. The highest BCUT2D eigenvalue weighted by Gasteiger charge is 2.31. The average Bonchev–Trinajstić information content (AvgIpc) is 2.63. The quantitative estimate of drug-likeness (QED) is 0.649. The fraction of sp³-hybridized carbons (Fsp3) is 0.588. The van der Waals surface area contributed by atoms with Gasteiger partial charge in [0.2, 0.25) is 21.8 Å². The van der Waals surface area contributed by atoms with Crippen LogP contribution >= 0.6 is 0 Å². The minimum absolute atomic E-state index is 0.0475. The summed E-state index contributed by atoms with van der Waals surface area (Å²) in [5.74, 6) is -0.738. The molecule has 1 aromatic rings. The fourth-order valence-corrected chi connectivity index (χ4v) is 4.66. The Morgan fingerprint density at radius 1 is 1.00 bits per heavy atom.